The number of aryl methyl sites for hydroxylation is 2. The number of nitrogens with zero attached hydrogens (tertiary/aromatic N) is 3. The van der Waals surface area contributed by atoms with Gasteiger partial charge in [0, 0.05) is 20.3 Å². The Morgan fingerprint density at radius 3 is 2.58 bits per heavy atom. The molecule has 31 heavy (non-hydrogen) atoms. The molecule has 8 nitrogen and oxygen atoms in total. The van der Waals surface area contributed by atoms with Gasteiger partial charge in [0.2, 0.25) is 5.91 Å². The van der Waals surface area contributed by atoms with Crippen LogP contribution < -0.4 is 5.32 Å². The maximum Gasteiger partial charge on any atom is 0.341 e. The number of imidazole rings is 1. The zero-order valence-corrected chi connectivity index (χ0v) is 19.3. The Hall–Kier alpha value is -3.20. The molecule has 2 amide bonds. The van der Waals surface area contributed by atoms with Crippen molar-refractivity contribution in [2.75, 3.05) is 26.0 Å². The van der Waals surface area contributed by atoms with E-state index in [2.05, 4.69) is 10.3 Å². The molecule has 0 spiro atoms. The van der Waals surface area contributed by atoms with E-state index in [1.807, 2.05) is 36.6 Å². The number of carbonyl (C=O) groups excluding carboxylic acids is 3. The van der Waals surface area contributed by atoms with Crippen molar-refractivity contribution in [2.45, 2.75) is 34.1 Å². The minimum atomic E-state index is -0.564. The molecule has 164 valence electrons. The van der Waals surface area contributed by atoms with Gasteiger partial charge in [0.25, 0.3) is 5.91 Å². The lowest BCUT2D eigenvalue weighted by atomic mass is 10.1. The molecule has 0 aliphatic rings. The molecule has 0 bridgehead atoms. The second kappa shape index (κ2) is 8.89. The summed E-state index contributed by atoms with van der Waals surface area (Å²) >= 11 is 1.08. The number of fused-ring (bicyclic) bond motifs is 1. The number of pyridine rings is 1. The standard InChI is InChI=1S/C22H26N4O4S/c1-7-30-22(29)17-13(3)18(21(28)25(5)6)31-20(17)24-16(27)11-15-14(4)23-19-12(2)9-8-10-26(15)19/h8-10H,7,11H2,1-6H3,(H,24,27). The van der Waals surface area contributed by atoms with Gasteiger partial charge in [-0.25, -0.2) is 9.78 Å². The Labute approximate surface area is 184 Å². The number of aromatic nitrogens is 2. The van der Waals surface area contributed by atoms with Gasteiger partial charge in [-0.3, -0.25) is 9.59 Å². The maximum atomic E-state index is 12.9. The van der Waals surface area contributed by atoms with E-state index in [9.17, 15) is 14.4 Å². The highest BCUT2D eigenvalue weighted by Gasteiger charge is 2.27. The second-order valence-electron chi connectivity index (χ2n) is 7.43. The average molecular weight is 443 g/mol. The van der Waals surface area contributed by atoms with Crippen LogP contribution in [0.15, 0.2) is 18.3 Å². The minimum absolute atomic E-state index is 0.0760. The lowest BCUT2D eigenvalue weighted by Crippen LogP contribution is -2.21. The van der Waals surface area contributed by atoms with Gasteiger partial charge in [-0.05, 0) is 44.9 Å². The van der Waals surface area contributed by atoms with Crippen molar-refractivity contribution >= 4 is 39.8 Å². The van der Waals surface area contributed by atoms with Crippen molar-refractivity contribution in [3.05, 3.63) is 51.3 Å². The van der Waals surface area contributed by atoms with Gasteiger partial charge in [-0.2, -0.15) is 0 Å². The predicted molar refractivity (Wildman–Crippen MR) is 120 cm³/mol. The third-order valence-corrected chi connectivity index (χ3v) is 6.15. The van der Waals surface area contributed by atoms with Gasteiger partial charge in [0.1, 0.15) is 10.6 Å². The van der Waals surface area contributed by atoms with Crippen molar-refractivity contribution < 1.29 is 19.1 Å². The fraction of sp³-hybridized carbons (Fsp3) is 0.364. The molecule has 9 heteroatoms. The van der Waals surface area contributed by atoms with E-state index in [-0.39, 0.29) is 30.4 Å². The van der Waals surface area contributed by atoms with Gasteiger partial charge in [-0.1, -0.05) is 6.07 Å². The molecule has 0 aliphatic heterocycles. The highest BCUT2D eigenvalue weighted by molar-refractivity contribution is 7.18. The van der Waals surface area contributed by atoms with Crippen LogP contribution in [0.5, 0.6) is 0 Å². The molecule has 3 rings (SSSR count). The minimum Gasteiger partial charge on any atom is -0.462 e. The Kier molecular flexibility index (Phi) is 6.45. The third-order valence-electron chi connectivity index (χ3n) is 4.95. The summed E-state index contributed by atoms with van der Waals surface area (Å²) in [6.07, 6.45) is 1.95. The fourth-order valence-electron chi connectivity index (χ4n) is 3.36. The summed E-state index contributed by atoms with van der Waals surface area (Å²) in [6, 6.07) is 3.88. The van der Waals surface area contributed by atoms with E-state index in [0.29, 0.717) is 15.4 Å². The van der Waals surface area contributed by atoms with Crippen LogP contribution in [0.4, 0.5) is 5.00 Å². The molecule has 0 aromatic carbocycles. The van der Waals surface area contributed by atoms with E-state index in [4.69, 9.17) is 4.74 Å². The lowest BCUT2D eigenvalue weighted by Gasteiger charge is -2.09. The topological polar surface area (TPSA) is 93.0 Å². The van der Waals surface area contributed by atoms with Crippen molar-refractivity contribution in [1.29, 1.82) is 0 Å². The number of nitrogens with one attached hydrogen (secondary N) is 1. The predicted octanol–water partition coefficient (Wildman–Crippen LogP) is 3.38. The molecule has 3 aromatic rings. The molecule has 0 saturated carbocycles. The van der Waals surface area contributed by atoms with Crippen LogP contribution in [-0.4, -0.2) is 52.8 Å². The number of anilines is 1. The molecule has 0 radical (unpaired) electrons. The molecular formula is C22H26N4O4S. The molecule has 0 fully saturated rings. The highest BCUT2D eigenvalue weighted by Crippen LogP contribution is 2.34. The number of hydrogen-bond acceptors (Lipinski definition) is 6. The molecule has 3 aromatic heterocycles. The van der Waals surface area contributed by atoms with E-state index in [1.165, 1.54) is 4.90 Å². The van der Waals surface area contributed by atoms with Gasteiger partial charge in [0.05, 0.1) is 34.9 Å². The number of hydrogen-bond donors (Lipinski definition) is 1. The van der Waals surface area contributed by atoms with Crippen LogP contribution in [-0.2, 0) is 16.0 Å². The fourth-order valence-corrected chi connectivity index (χ4v) is 4.59. The first-order chi connectivity index (χ1) is 14.6. The Balaban J connectivity index is 1.95. The Morgan fingerprint density at radius 1 is 1.23 bits per heavy atom. The summed E-state index contributed by atoms with van der Waals surface area (Å²) in [5, 5.41) is 3.13. The van der Waals surface area contributed by atoms with Crippen LogP contribution in [0.2, 0.25) is 0 Å². The molecule has 0 saturated heterocycles. The summed E-state index contributed by atoms with van der Waals surface area (Å²) in [7, 11) is 3.28. The largest absolute Gasteiger partial charge is 0.462 e. The van der Waals surface area contributed by atoms with E-state index in [0.717, 1.165) is 33.9 Å². The first kappa shape index (κ1) is 22.5. The molecule has 0 atom stereocenters. The van der Waals surface area contributed by atoms with Crippen LogP contribution in [0, 0.1) is 20.8 Å². The van der Waals surface area contributed by atoms with Crippen LogP contribution in [0.1, 0.15) is 49.5 Å². The van der Waals surface area contributed by atoms with Gasteiger partial charge in [-0.15, -0.1) is 11.3 Å². The number of carbonyl (C=O) groups is 3. The second-order valence-corrected chi connectivity index (χ2v) is 8.45. The number of thiophene rings is 1. The number of amides is 2. The zero-order chi connectivity index (χ0) is 22.9. The van der Waals surface area contributed by atoms with Gasteiger partial charge in [0.15, 0.2) is 0 Å². The first-order valence-electron chi connectivity index (χ1n) is 9.90. The summed E-state index contributed by atoms with van der Waals surface area (Å²) in [6.45, 7) is 7.42. The number of esters is 1. The van der Waals surface area contributed by atoms with E-state index >= 15 is 0 Å². The molecule has 3 heterocycles. The lowest BCUT2D eigenvalue weighted by molar-refractivity contribution is -0.115. The SMILES string of the molecule is CCOC(=O)c1c(NC(=O)Cc2c(C)nc3c(C)cccn23)sc(C(=O)N(C)C)c1C. The van der Waals surface area contributed by atoms with Crippen LogP contribution in [0.3, 0.4) is 0 Å². The molecule has 1 N–H and O–H groups in total. The third kappa shape index (κ3) is 4.32. The van der Waals surface area contributed by atoms with E-state index in [1.54, 1.807) is 27.9 Å². The first-order valence-corrected chi connectivity index (χ1v) is 10.7. The Bertz CT molecular complexity index is 1180. The van der Waals surface area contributed by atoms with Crippen molar-refractivity contribution in [2.24, 2.45) is 0 Å². The van der Waals surface area contributed by atoms with Crippen molar-refractivity contribution in [1.82, 2.24) is 14.3 Å². The zero-order valence-electron chi connectivity index (χ0n) is 18.5. The summed E-state index contributed by atoms with van der Waals surface area (Å²) in [5.74, 6) is -1.10. The summed E-state index contributed by atoms with van der Waals surface area (Å²) in [5.41, 5.74) is 4.08. The summed E-state index contributed by atoms with van der Waals surface area (Å²) in [4.78, 5) is 44.4. The molecular weight excluding hydrogens is 416 g/mol. The van der Waals surface area contributed by atoms with Crippen LogP contribution in [0.25, 0.3) is 5.65 Å². The number of ether oxygens (including phenoxy) is 1. The normalized spacial score (nSPS) is 10.9. The smallest absolute Gasteiger partial charge is 0.341 e. The highest BCUT2D eigenvalue weighted by atomic mass is 32.1. The maximum absolute atomic E-state index is 12.9. The van der Waals surface area contributed by atoms with Gasteiger partial charge >= 0.3 is 5.97 Å². The van der Waals surface area contributed by atoms with E-state index < -0.39 is 5.97 Å². The quantitative estimate of drug-likeness (QED) is 0.591. The molecule has 0 aliphatic carbocycles. The average Bonchev–Trinajstić information content (AvgIpc) is 3.19. The summed E-state index contributed by atoms with van der Waals surface area (Å²) < 4.78 is 7.06. The monoisotopic (exact) mass is 442 g/mol. The van der Waals surface area contributed by atoms with Crippen molar-refractivity contribution in [3.63, 3.8) is 0 Å². The van der Waals surface area contributed by atoms with Gasteiger partial charge < -0.3 is 19.4 Å². The van der Waals surface area contributed by atoms with Crippen LogP contribution >= 0.6 is 11.3 Å². The number of rotatable bonds is 6. The van der Waals surface area contributed by atoms with Crippen molar-refractivity contribution in [3.8, 4) is 0 Å². The molecule has 0 unspecified atom stereocenters. The Morgan fingerprint density at radius 2 is 1.94 bits per heavy atom.